The van der Waals surface area contributed by atoms with Crippen molar-refractivity contribution in [3.05, 3.63) is 17.7 Å². The second kappa shape index (κ2) is 8.14. The van der Waals surface area contributed by atoms with Crippen molar-refractivity contribution >= 4 is 11.8 Å². The Morgan fingerprint density at radius 3 is 2.05 bits per heavy atom. The number of esters is 1. The maximum atomic E-state index is 11.8. The molecular weight excluding hydrogens is 276 g/mol. The van der Waals surface area contributed by atoms with Crippen LogP contribution in [0.25, 0.3) is 0 Å². The molecule has 0 aliphatic carbocycles. The molecule has 1 rings (SSSR count). The molecule has 0 aliphatic rings. The van der Waals surface area contributed by atoms with Gasteiger partial charge in [0.05, 0.1) is 20.8 Å². The average molecular weight is 296 g/mol. The van der Waals surface area contributed by atoms with Gasteiger partial charge in [0.15, 0.2) is 23.9 Å². The highest BCUT2D eigenvalue weighted by Gasteiger charge is 2.18. The smallest absolute Gasteiger partial charge is 0.344 e. The molecular formula is C15H20O6. The zero-order valence-corrected chi connectivity index (χ0v) is 12.7. The molecule has 0 fully saturated rings. The molecule has 0 saturated heterocycles. The molecule has 6 nitrogen and oxygen atoms in total. The highest BCUT2D eigenvalue weighted by Crippen LogP contribution is 2.38. The number of carbonyl (C=O) groups excluding carboxylic acids is 2. The Bertz CT molecular complexity index is 484. The van der Waals surface area contributed by atoms with E-state index in [1.54, 1.807) is 26.0 Å². The van der Waals surface area contributed by atoms with Gasteiger partial charge >= 0.3 is 5.97 Å². The van der Waals surface area contributed by atoms with E-state index >= 15 is 0 Å². The predicted molar refractivity (Wildman–Crippen MR) is 76.3 cm³/mol. The van der Waals surface area contributed by atoms with Gasteiger partial charge in [0.1, 0.15) is 0 Å². The Morgan fingerprint density at radius 2 is 1.62 bits per heavy atom. The van der Waals surface area contributed by atoms with Gasteiger partial charge < -0.3 is 18.9 Å². The molecule has 0 amide bonds. The third-order valence-electron chi connectivity index (χ3n) is 2.74. The van der Waals surface area contributed by atoms with Crippen LogP contribution in [0.1, 0.15) is 30.6 Å². The number of carbonyl (C=O) groups is 2. The Kier molecular flexibility index (Phi) is 6.52. The van der Waals surface area contributed by atoms with Crippen molar-refractivity contribution in [2.24, 2.45) is 0 Å². The topological polar surface area (TPSA) is 71.1 Å². The molecule has 0 unspecified atom stereocenters. The Labute approximate surface area is 123 Å². The van der Waals surface area contributed by atoms with Gasteiger partial charge in [0.25, 0.3) is 0 Å². The SMILES string of the molecule is CCOC(=O)COc1c(OC)cc(C(=O)CC)cc1OC. The molecule has 1 aromatic rings. The van der Waals surface area contributed by atoms with Crippen LogP contribution < -0.4 is 14.2 Å². The summed E-state index contributed by atoms with van der Waals surface area (Å²) in [5.74, 6) is 0.394. The van der Waals surface area contributed by atoms with E-state index in [4.69, 9.17) is 18.9 Å². The minimum Gasteiger partial charge on any atom is -0.493 e. The van der Waals surface area contributed by atoms with Crippen molar-refractivity contribution < 1.29 is 28.5 Å². The number of methoxy groups -OCH3 is 2. The van der Waals surface area contributed by atoms with E-state index in [0.29, 0.717) is 23.5 Å². The Hall–Kier alpha value is -2.24. The fourth-order valence-corrected chi connectivity index (χ4v) is 1.72. The summed E-state index contributed by atoms with van der Waals surface area (Å²) in [6.45, 7) is 3.50. The highest BCUT2D eigenvalue weighted by molar-refractivity contribution is 5.97. The van der Waals surface area contributed by atoms with Crippen molar-refractivity contribution in [2.45, 2.75) is 20.3 Å². The minimum atomic E-state index is -0.490. The van der Waals surface area contributed by atoms with Crippen LogP contribution in [0.4, 0.5) is 0 Å². The van der Waals surface area contributed by atoms with E-state index in [2.05, 4.69) is 0 Å². The number of ketones is 1. The van der Waals surface area contributed by atoms with E-state index in [-0.39, 0.29) is 24.7 Å². The molecule has 0 bridgehead atoms. The van der Waals surface area contributed by atoms with Gasteiger partial charge in [-0.1, -0.05) is 6.92 Å². The maximum Gasteiger partial charge on any atom is 0.344 e. The number of ether oxygens (including phenoxy) is 4. The summed E-state index contributed by atoms with van der Waals surface area (Å²) in [4.78, 5) is 23.1. The van der Waals surface area contributed by atoms with Crippen LogP contribution in [0, 0.1) is 0 Å². The zero-order chi connectivity index (χ0) is 15.8. The number of hydrogen-bond acceptors (Lipinski definition) is 6. The molecule has 1 aromatic carbocycles. The van der Waals surface area contributed by atoms with Crippen molar-refractivity contribution in [1.82, 2.24) is 0 Å². The standard InChI is InChI=1S/C15H20O6/c1-5-11(16)10-7-12(18-3)15(13(8-10)19-4)21-9-14(17)20-6-2/h7-8H,5-6,9H2,1-4H3. The summed E-state index contributed by atoms with van der Waals surface area (Å²) >= 11 is 0. The number of rotatable bonds is 8. The van der Waals surface area contributed by atoms with Crippen molar-refractivity contribution in [3.8, 4) is 17.2 Å². The molecule has 0 radical (unpaired) electrons. The van der Waals surface area contributed by atoms with E-state index < -0.39 is 5.97 Å². The second-order valence-electron chi connectivity index (χ2n) is 4.08. The summed E-state index contributed by atoms with van der Waals surface area (Å²) in [7, 11) is 2.90. The molecule has 21 heavy (non-hydrogen) atoms. The molecule has 0 aliphatic heterocycles. The summed E-state index contributed by atoms with van der Waals surface area (Å²) in [5.41, 5.74) is 0.467. The highest BCUT2D eigenvalue weighted by atomic mass is 16.6. The molecule has 0 N–H and O–H groups in total. The maximum absolute atomic E-state index is 11.8. The van der Waals surface area contributed by atoms with Crippen LogP contribution in [-0.2, 0) is 9.53 Å². The monoisotopic (exact) mass is 296 g/mol. The van der Waals surface area contributed by atoms with Crippen LogP contribution in [0.5, 0.6) is 17.2 Å². The first-order chi connectivity index (χ1) is 10.1. The number of benzene rings is 1. The van der Waals surface area contributed by atoms with Crippen molar-refractivity contribution in [1.29, 1.82) is 0 Å². The van der Waals surface area contributed by atoms with Gasteiger partial charge in [-0.3, -0.25) is 4.79 Å². The molecule has 0 heterocycles. The quantitative estimate of drug-likeness (QED) is 0.541. The molecule has 0 saturated carbocycles. The molecule has 0 spiro atoms. The number of Topliss-reactive ketones (excluding diaryl/α,β-unsaturated/α-hetero) is 1. The van der Waals surface area contributed by atoms with Crippen LogP contribution in [0.3, 0.4) is 0 Å². The fraction of sp³-hybridized carbons (Fsp3) is 0.467. The Balaban J connectivity index is 3.06. The van der Waals surface area contributed by atoms with Gasteiger partial charge in [-0.15, -0.1) is 0 Å². The lowest BCUT2D eigenvalue weighted by Gasteiger charge is -2.15. The van der Waals surface area contributed by atoms with E-state index in [0.717, 1.165) is 0 Å². The summed E-state index contributed by atoms with van der Waals surface area (Å²) < 4.78 is 20.6. The van der Waals surface area contributed by atoms with E-state index in [1.807, 2.05) is 0 Å². The second-order valence-corrected chi connectivity index (χ2v) is 4.08. The van der Waals surface area contributed by atoms with Gasteiger partial charge in [0, 0.05) is 12.0 Å². The molecule has 116 valence electrons. The largest absolute Gasteiger partial charge is 0.493 e. The molecule has 0 atom stereocenters. The Morgan fingerprint density at radius 1 is 1.05 bits per heavy atom. The van der Waals surface area contributed by atoms with Gasteiger partial charge in [0.2, 0.25) is 5.75 Å². The van der Waals surface area contributed by atoms with Crippen molar-refractivity contribution in [3.63, 3.8) is 0 Å². The first kappa shape index (κ1) is 16.8. The lowest BCUT2D eigenvalue weighted by molar-refractivity contribution is -0.145. The lowest BCUT2D eigenvalue weighted by atomic mass is 10.1. The van der Waals surface area contributed by atoms with Crippen LogP contribution in [0.2, 0.25) is 0 Å². The summed E-state index contributed by atoms with van der Waals surface area (Å²) in [6, 6.07) is 3.13. The minimum absolute atomic E-state index is 0.0384. The molecule has 0 aromatic heterocycles. The zero-order valence-electron chi connectivity index (χ0n) is 12.7. The van der Waals surface area contributed by atoms with Crippen LogP contribution in [0.15, 0.2) is 12.1 Å². The predicted octanol–water partition coefficient (Wildman–Crippen LogP) is 2.24. The van der Waals surface area contributed by atoms with Gasteiger partial charge in [-0.25, -0.2) is 4.79 Å². The van der Waals surface area contributed by atoms with Crippen molar-refractivity contribution in [2.75, 3.05) is 27.4 Å². The third kappa shape index (κ3) is 4.37. The number of hydrogen-bond donors (Lipinski definition) is 0. The van der Waals surface area contributed by atoms with Crippen LogP contribution in [-0.4, -0.2) is 39.2 Å². The summed E-state index contributed by atoms with van der Waals surface area (Å²) in [5, 5.41) is 0. The summed E-state index contributed by atoms with van der Waals surface area (Å²) in [6.07, 6.45) is 0.370. The average Bonchev–Trinajstić information content (AvgIpc) is 2.51. The third-order valence-corrected chi connectivity index (χ3v) is 2.74. The first-order valence-corrected chi connectivity index (χ1v) is 6.64. The normalized spacial score (nSPS) is 9.90. The van der Waals surface area contributed by atoms with E-state index in [1.165, 1.54) is 14.2 Å². The molecule has 6 heteroatoms. The first-order valence-electron chi connectivity index (χ1n) is 6.64. The van der Waals surface area contributed by atoms with Gasteiger partial charge in [-0.2, -0.15) is 0 Å². The van der Waals surface area contributed by atoms with Crippen LogP contribution >= 0.6 is 0 Å². The lowest BCUT2D eigenvalue weighted by Crippen LogP contribution is -2.15. The van der Waals surface area contributed by atoms with Gasteiger partial charge in [-0.05, 0) is 19.1 Å². The fourth-order valence-electron chi connectivity index (χ4n) is 1.72. The van der Waals surface area contributed by atoms with E-state index in [9.17, 15) is 9.59 Å².